The smallest absolute Gasteiger partial charge is 0.328 e. The summed E-state index contributed by atoms with van der Waals surface area (Å²) in [6, 6.07) is 12.9. The zero-order valence-corrected chi connectivity index (χ0v) is 14.2. The third-order valence-corrected chi connectivity index (χ3v) is 4.82. The van der Waals surface area contributed by atoms with Crippen LogP contribution >= 0.6 is 22.6 Å². The van der Waals surface area contributed by atoms with Crippen molar-refractivity contribution in [2.75, 3.05) is 4.72 Å². The van der Waals surface area contributed by atoms with Crippen LogP contribution in [0.4, 0.5) is 5.69 Å². The Balaban J connectivity index is 2.19. The summed E-state index contributed by atoms with van der Waals surface area (Å²) in [7, 11) is -3.67. The summed E-state index contributed by atoms with van der Waals surface area (Å²) in [5.41, 5.74) is 1.09. The van der Waals surface area contributed by atoms with Crippen LogP contribution in [0.1, 0.15) is 5.56 Å². The van der Waals surface area contributed by atoms with E-state index in [2.05, 4.69) is 27.3 Å². The summed E-state index contributed by atoms with van der Waals surface area (Å²) in [6.45, 7) is 0. The maximum absolute atomic E-state index is 12.2. The summed E-state index contributed by atoms with van der Waals surface area (Å²) in [5, 5.41) is 8.55. The third kappa shape index (κ3) is 4.57. The van der Waals surface area contributed by atoms with Gasteiger partial charge in [-0.2, -0.15) is 0 Å². The van der Waals surface area contributed by atoms with Crippen molar-refractivity contribution in [3.05, 3.63) is 63.7 Å². The number of benzene rings is 2. The Bertz CT molecular complexity index is 796. The van der Waals surface area contributed by atoms with Crippen LogP contribution in [0, 0.1) is 3.57 Å². The fourth-order valence-electron chi connectivity index (χ4n) is 1.66. The Morgan fingerprint density at radius 1 is 1.05 bits per heavy atom. The Morgan fingerprint density at radius 2 is 1.64 bits per heavy atom. The minimum Gasteiger partial charge on any atom is -0.478 e. The molecular weight excluding hydrogens is 417 g/mol. The predicted molar refractivity (Wildman–Crippen MR) is 93.1 cm³/mol. The molecule has 2 N–H and O–H groups in total. The normalized spacial score (nSPS) is 11.5. The Labute approximate surface area is 141 Å². The van der Waals surface area contributed by atoms with E-state index in [1.54, 1.807) is 36.4 Å². The van der Waals surface area contributed by atoms with Gasteiger partial charge in [0.25, 0.3) is 10.0 Å². The monoisotopic (exact) mass is 429 g/mol. The van der Waals surface area contributed by atoms with Crippen molar-refractivity contribution in [3.63, 3.8) is 0 Å². The average molecular weight is 429 g/mol. The van der Waals surface area contributed by atoms with Crippen molar-refractivity contribution in [2.45, 2.75) is 4.90 Å². The topological polar surface area (TPSA) is 83.5 Å². The van der Waals surface area contributed by atoms with E-state index in [4.69, 9.17) is 5.11 Å². The number of nitrogens with one attached hydrogen (secondary N) is 1. The number of rotatable bonds is 5. The molecular formula is C15H12INO4S. The molecule has 7 heteroatoms. The zero-order chi connectivity index (χ0) is 16.2. The molecule has 2 aromatic carbocycles. The molecule has 0 aliphatic rings. The quantitative estimate of drug-likeness (QED) is 0.565. The van der Waals surface area contributed by atoms with Crippen molar-refractivity contribution in [2.24, 2.45) is 0 Å². The summed E-state index contributed by atoms with van der Waals surface area (Å²) >= 11 is 2.14. The lowest BCUT2D eigenvalue weighted by molar-refractivity contribution is -0.131. The number of carbonyl (C=O) groups is 1. The van der Waals surface area contributed by atoms with Gasteiger partial charge in [0.05, 0.1) is 4.90 Å². The van der Waals surface area contributed by atoms with Gasteiger partial charge in [0.15, 0.2) is 0 Å². The number of sulfonamides is 1. The molecule has 114 valence electrons. The average Bonchev–Trinajstić information content (AvgIpc) is 2.48. The summed E-state index contributed by atoms with van der Waals surface area (Å²) in [4.78, 5) is 10.5. The van der Waals surface area contributed by atoms with Gasteiger partial charge >= 0.3 is 5.97 Å². The van der Waals surface area contributed by atoms with E-state index in [1.807, 2.05) is 0 Å². The predicted octanol–water partition coefficient (Wildman–Crippen LogP) is 3.19. The number of aliphatic carboxylic acids is 1. The van der Waals surface area contributed by atoms with E-state index in [0.717, 1.165) is 9.65 Å². The molecule has 0 fully saturated rings. The van der Waals surface area contributed by atoms with Crippen molar-refractivity contribution in [3.8, 4) is 0 Å². The highest BCUT2D eigenvalue weighted by Gasteiger charge is 2.13. The van der Waals surface area contributed by atoms with E-state index in [1.165, 1.54) is 18.2 Å². The summed E-state index contributed by atoms with van der Waals surface area (Å²) in [6.07, 6.45) is 2.39. The minimum atomic E-state index is -3.67. The maximum Gasteiger partial charge on any atom is 0.328 e. The fraction of sp³-hybridized carbons (Fsp3) is 0. The van der Waals surface area contributed by atoms with Gasteiger partial charge in [0.1, 0.15) is 0 Å². The van der Waals surface area contributed by atoms with E-state index < -0.39 is 16.0 Å². The first kappa shape index (κ1) is 16.5. The van der Waals surface area contributed by atoms with Crippen LogP contribution in [0.2, 0.25) is 0 Å². The highest BCUT2D eigenvalue weighted by Crippen LogP contribution is 2.18. The molecule has 0 unspecified atom stereocenters. The number of hydrogen-bond donors (Lipinski definition) is 2. The van der Waals surface area contributed by atoms with Gasteiger partial charge in [-0.1, -0.05) is 12.1 Å². The number of anilines is 1. The molecule has 0 saturated heterocycles. The van der Waals surface area contributed by atoms with Gasteiger partial charge in [0, 0.05) is 15.3 Å². The van der Waals surface area contributed by atoms with Crippen molar-refractivity contribution in [1.82, 2.24) is 0 Å². The van der Waals surface area contributed by atoms with E-state index in [0.29, 0.717) is 11.3 Å². The molecule has 0 amide bonds. The molecule has 2 rings (SSSR count). The molecule has 5 nitrogen and oxygen atoms in total. The second-order valence-electron chi connectivity index (χ2n) is 4.35. The number of carboxylic acids is 1. The van der Waals surface area contributed by atoms with Crippen molar-refractivity contribution in [1.29, 1.82) is 0 Å². The largest absolute Gasteiger partial charge is 0.478 e. The van der Waals surface area contributed by atoms with Crippen LogP contribution in [0.15, 0.2) is 59.5 Å². The summed E-state index contributed by atoms with van der Waals surface area (Å²) < 4.78 is 28.0. The highest BCUT2D eigenvalue weighted by molar-refractivity contribution is 14.1. The molecule has 0 aromatic heterocycles. The van der Waals surface area contributed by atoms with Crippen molar-refractivity contribution < 1.29 is 18.3 Å². The molecule has 0 spiro atoms. The first-order chi connectivity index (χ1) is 10.4. The van der Waals surface area contributed by atoms with Gasteiger partial charge in [-0.25, -0.2) is 13.2 Å². The number of carboxylic acid groups (broad SMARTS) is 1. The van der Waals surface area contributed by atoms with E-state index in [-0.39, 0.29) is 4.90 Å². The van der Waals surface area contributed by atoms with Crippen LogP contribution in [0.3, 0.4) is 0 Å². The summed E-state index contributed by atoms with van der Waals surface area (Å²) in [5.74, 6) is -1.06. The molecule has 0 aliphatic heterocycles. The molecule has 0 heterocycles. The third-order valence-electron chi connectivity index (χ3n) is 2.71. The van der Waals surface area contributed by atoms with E-state index >= 15 is 0 Å². The molecule has 0 atom stereocenters. The van der Waals surface area contributed by atoms with Gasteiger partial charge in [-0.15, -0.1) is 0 Å². The molecule has 2 aromatic rings. The molecule has 0 saturated carbocycles. The number of halogens is 1. The SMILES string of the molecule is O=C(O)/C=C/c1ccc(S(=O)(=O)Nc2ccc(I)cc2)cc1. The van der Waals surface area contributed by atoms with Crippen molar-refractivity contribution >= 4 is 50.3 Å². The van der Waals surface area contributed by atoms with Crippen LogP contribution in [-0.2, 0) is 14.8 Å². The Morgan fingerprint density at radius 3 is 2.18 bits per heavy atom. The Kier molecular flexibility index (Phi) is 5.19. The first-order valence-corrected chi connectivity index (χ1v) is 8.72. The lowest BCUT2D eigenvalue weighted by atomic mass is 10.2. The standard InChI is InChI=1S/C15H12INO4S/c16-12-4-6-13(7-5-12)17-22(20,21)14-8-1-11(2-9-14)3-10-15(18)19/h1-10,17H,(H,18,19)/b10-3+. The van der Waals surface area contributed by atoms with Gasteiger partial charge < -0.3 is 5.11 Å². The van der Waals surface area contributed by atoms with Gasteiger partial charge in [-0.05, 0) is 70.6 Å². The maximum atomic E-state index is 12.2. The lowest BCUT2D eigenvalue weighted by Gasteiger charge is -2.08. The zero-order valence-electron chi connectivity index (χ0n) is 11.2. The second kappa shape index (κ2) is 6.93. The van der Waals surface area contributed by atoms with Crippen LogP contribution < -0.4 is 4.72 Å². The molecule has 22 heavy (non-hydrogen) atoms. The fourth-order valence-corrected chi connectivity index (χ4v) is 3.08. The van der Waals surface area contributed by atoms with Gasteiger partial charge in [-0.3, -0.25) is 4.72 Å². The molecule has 0 radical (unpaired) electrons. The molecule has 0 aliphatic carbocycles. The lowest BCUT2D eigenvalue weighted by Crippen LogP contribution is -2.12. The van der Waals surface area contributed by atoms with Crippen LogP contribution in [-0.4, -0.2) is 19.5 Å². The minimum absolute atomic E-state index is 0.110. The molecule has 0 bridgehead atoms. The van der Waals surface area contributed by atoms with E-state index in [9.17, 15) is 13.2 Å². The second-order valence-corrected chi connectivity index (χ2v) is 7.28. The van der Waals surface area contributed by atoms with Gasteiger partial charge in [0.2, 0.25) is 0 Å². The van der Waals surface area contributed by atoms with Crippen LogP contribution in [0.5, 0.6) is 0 Å². The number of hydrogen-bond acceptors (Lipinski definition) is 3. The highest BCUT2D eigenvalue weighted by atomic mass is 127. The van der Waals surface area contributed by atoms with Crippen LogP contribution in [0.25, 0.3) is 6.08 Å². The Hall–Kier alpha value is -1.87. The first-order valence-electron chi connectivity index (χ1n) is 6.16.